The number of rotatable bonds is 3. The highest BCUT2D eigenvalue weighted by molar-refractivity contribution is 5.94. The molecule has 1 spiro atoms. The minimum atomic E-state index is 0.0190. The lowest BCUT2D eigenvalue weighted by Crippen LogP contribution is -2.54. The molecule has 2 aliphatic heterocycles. The first-order valence-electron chi connectivity index (χ1n) is 9.24. The van der Waals surface area contributed by atoms with Gasteiger partial charge in [0, 0.05) is 62.8 Å². The van der Waals surface area contributed by atoms with Gasteiger partial charge >= 0.3 is 0 Å². The topological polar surface area (TPSA) is 69.3 Å². The van der Waals surface area contributed by atoms with Crippen molar-refractivity contribution in [3.05, 3.63) is 54.1 Å². The Hall–Kier alpha value is -2.63. The molecule has 0 saturated carbocycles. The molecule has 2 aromatic rings. The Balaban J connectivity index is 1.48. The second-order valence-electron chi connectivity index (χ2n) is 7.54. The van der Waals surface area contributed by atoms with Crippen LogP contribution in [0.5, 0.6) is 0 Å². The van der Waals surface area contributed by atoms with E-state index in [0.29, 0.717) is 18.5 Å². The van der Waals surface area contributed by atoms with Crippen molar-refractivity contribution >= 4 is 11.8 Å². The average molecular weight is 352 g/mol. The first-order valence-corrected chi connectivity index (χ1v) is 9.24. The lowest BCUT2D eigenvalue weighted by atomic mass is 9.73. The van der Waals surface area contributed by atoms with E-state index in [1.54, 1.807) is 24.8 Å². The Morgan fingerprint density at radius 3 is 2.81 bits per heavy atom. The van der Waals surface area contributed by atoms with Gasteiger partial charge in [-0.2, -0.15) is 0 Å². The van der Waals surface area contributed by atoms with Crippen LogP contribution in [0.25, 0.3) is 0 Å². The summed E-state index contributed by atoms with van der Waals surface area (Å²) in [5, 5.41) is 0. The van der Waals surface area contributed by atoms with E-state index in [0.717, 1.165) is 44.5 Å². The van der Waals surface area contributed by atoms with Crippen molar-refractivity contribution in [2.75, 3.05) is 19.6 Å². The molecule has 1 atom stereocenters. The van der Waals surface area contributed by atoms with Crippen LogP contribution in [0.4, 0.5) is 0 Å². The maximum atomic E-state index is 12.7. The van der Waals surface area contributed by atoms with Gasteiger partial charge in [0.25, 0.3) is 5.91 Å². The van der Waals surface area contributed by atoms with E-state index < -0.39 is 0 Å². The van der Waals surface area contributed by atoms with Crippen LogP contribution >= 0.6 is 0 Å². The number of likely N-dealkylation sites (tertiary alicyclic amines) is 2. The Kier molecular flexibility index (Phi) is 4.49. The number of piperidine rings is 2. The number of aromatic amines is 1. The summed E-state index contributed by atoms with van der Waals surface area (Å²) < 4.78 is 0. The highest BCUT2D eigenvalue weighted by atomic mass is 16.2. The van der Waals surface area contributed by atoms with E-state index in [-0.39, 0.29) is 17.2 Å². The minimum absolute atomic E-state index is 0.0190. The number of aromatic nitrogens is 2. The van der Waals surface area contributed by atoms with E-state index in [9.17, 15) is 9.59 Å². The molecule has 0 radical (unpaired) electrons. The van der Waals surface area contributed by atoms with Crippen molar-refractivity contribution in [1.82, 2.24) is 19.8 Å². The summed E-state index contributed by atoms with van der Waals surface area (Å²) >= 11 is 0. The predicted octanol–water partition coefficient (Wildman–Crippen LogP) is 2.45. The average Bonchev–Trinajstić information content (AvgIpc) is 3.20. The monoisotopic (exact) mass is 352 g/mol. The summed E-state index contributed by atoms with van der Waals surface area (Å²) in [6.45, 7) is 2.88. The number of amides is 2. The first kappa shape index (κ1) is 16.8. The molecule has 2 aliphatic rings. The Labute approximate surface area is 153 Å². The zero-order chi connectivity index (χ0) is 18.0. The second-order valence-corrected chi connectivity index (χ2v) is 7.54. The van der Waals surface area contributed by atoms with Crippen molar-refractivity contribution in [2.24, 2.45) is 5.41 Å². The molecule has 6 heteroatoms. The minimum Gasteiger partial charge on any atom is -0.367 e. The van der Waals surface area contributed by atoms with Crippen molar-refractivity contribution in [3.8, 4) is 0 Å². The summed E-state index contributed by atoms with van der Waals surface area (Å²) in [6, 6.07) is 5.73. The molecule has 1 N–H and O–H groups in total. The van der Waals surface area contributed by atoms with E-state index in [4.69, 9.17) is 0 Å². The van der Waals surface area contributed by atoms with Crippen molar-refractivity contribution in [1.29, 1.82) is 0 Å². The lowest BCUT2D eigenvalue weighted by molar-refractivity contribution is -0.139. The van der Waals surface area contributed by atoms with Gasteiger partial charge in [-0.1, -0.05) is 0 Å². The predicted molar refractivity (Wildman–Crippen MR) is 97.3 cm³/mol. The molecule has 2 amide bonds. The number of nitrogens with zero attached hydrogens (tertiary/aromatic N) is 3. The largest absolute Gasteiger partial charge is 0.367 e. The van der Waals surface area contributed by atoms with Crippen molar-refractivity contribution in [3.63, 3.8) is 0 Å². The third-order valence-corrected chi connectivity index (χ3v) is 5.66. The van der Waals surface area contributed by atoms with Gasteiger partial charge in [0.15, 0.2) is 0 Å². The Morgan fingerprint density at radius 2 is 2.04 bits per heavy atom. The molecule has 2 aromatic heterocycles. The van der Waals surface area contributed by atoms with Crippen LogP contribution in [0.3, 0.4) is 0 Å². The Bertz CT molecular complexity index is 774. The SMILES string of the molecule is O=C1CC[C@]2(CCCN(C(=O)c3cc[nH]c3)C2)CN1Cc1ccncc1. The number of H-pyrrole nitrogens is 1. The van der Waals surface area contributed by atoms with Gasteiger partial charge < -0.3 is 14.8 Å². The van der Waals surface area contributed by atoms with Crippen molar-refractivity contribution < 1.29 is 9.59 Å². The fourth-order valence-electron chi connectivity index (χ4n) is 4.31. The third kappa shape index (κ3) is 3.36. The molecule has 6 nitrogen and oxygen atoms in total. The van der Waals surface area contributed by atoms with Crippen LogP contribution in [-0.4, -0.2) is 51.2 Å². The number of nitrogens with one attached hydrogen (secondary N) is 1. The summed E-state index contributed by atoms with van der Waals surface area (Å²) in [5.74, 6) is 0.296. The van der Waals surface area contributed by atoms with Gasteiger partial charge in [-0.15, -0.1) is 0 Å². The molecule has 0 unspecified atom stereocenters. The molecule has 4 heterocycles. The summed E-state index contributed by atoms with van der Waals surface area (Å²) in [6.07, 6.45) is 10.6. The third-order valence-electron chi connectivity index (χ3n) is 5.66. The molecule has 136 valence electrons. The molecular weight excluding hydrogens is 328 g/mol. The van der Waals surface area contributed by atoms with E-state index in [2.05, 4.69) is 9.97 Å². The Morgan fingerprint density at radius 1 is 1.19 bits per heavy atom. The highest BCUT2D eigenvalue weighted by Crippen LogP contribution is 2.39. The maximum Gasteiger partial charge on any atom is 0.255 e. The standard InChI is InChI=1S/C20H24N4O2/c25-18-2-7-20(15-24(18)13-16-3-8-21-9-4-16)6-1-11-23(14-20)19(26)17-5-10-22-12-17/h3-5,8-10,12,22H,1-2,6-7,11,13-15H2/t20-/m0/s1. The van der Waals surface area contributed by atoms with Gasteiger partial charge in [-0.25, -0.2) is 0 Å². The summed E-state index contributed by atoms with van der Waals surface area (Å²) in [5.41, 5.74) is 1.83. The molecule has 0 bridgehead atoms. The quantitative estimate of drug-likeness (QED) is 0.922. The first-order chi connectivity index (χ1) is 12.7. The second kappa shape index (κ2) is 6.94. The molecular formula is C20H24N4O2. The van der Waals surface area contributed by atoms with Gasteiger partial charge in [0.2, 0.25) is 5.91 Å². The molecule has 2 saturated heterocycles. The molecule has 2 fully saturated rings. The van der Waals surface area contributed by atoms with Crippen LogP contribution in [0.1, 0.15) is 41.6 Å². The number of carbonyl (C=O) groups excluding carboxylic acids is 2. The smallest absolute Gasteiger partial charge is 0.255 e. The van der Waals surface area contributed by atoms with Crippen LogP contribution in [0, 0.1) is 5.41 Å². The van der Waals surface area contributed by atoms with E-state index in [1.165, 1.54) is 0 Å². The fourth-order valence-corrected chi connectivity index (χ4v) is 4.31. The van der Waals surface area contributed by atoms with Gasteiger partial charge in [0.05, 0.1) is 5.56 Å². The fraction of sp³-hybridized carbons (Fsp3) is 0.450. The summed E-state index contributed by atoms with van der Waals surface area (Å²) in [7, 11) is 0. The number of carbonyl (C=O) groups is 2. The van der Waals surface area contributed by atoms with Gasteiger partial charge in [-0.3, -0.25) is 14.6 Å². The maximum absolute atomic E-state index is 12.7. The number of pyridine rings is 1. The van der Waals surface area contributed by atoms with Crippen LogP contribution in [0.2, 0.25) is 0 Å². The number of hydrogen-bond acceptors (Lipinski definition) is 3. The normalized spacial score (nSPS) is 23.5. The molecule has 26 heavy (non-hydrogen) atoms. The zero-order valence-electron chi connectivity index (χ0n) is 14.9. The van der Waals surface area contributed by atoms with Crippen molar-refractivity contribution in [2.45, 2.75) is 32.2 Å². The van der Waals surface area contributed by atoms with Gasteiger partial charge in [0.1, 0.15) is 0 Å². The molecule has 4 rings (SSSR count). The highest BCUT2D eigenvalue weighted by Gasteiger charge is 2.42. The summed E-state index contributed by atoms with van der Waals surface area (Å²) in [4.78, 5) is 36.1. The van der Waals surface area contributed by atoms with Gasteiger partial charge in [-0.05, 0) is 43.0 Å². The molecule has 0 aliphatic carbocycles. The van der Waals surface area contributed by atoms with E-state index in [1.807, 2.05) is 28.0 Å². The zero-order valence-corrected chi connectivity index (χ0v) is 14.9. The van der Waals surface area contributed by atoms with Crippen LogP contribution in [-0.2, 0) is 11.3 Å². The molecule has 0 aromatic carbocycles. The lowest BCUT2D eigenvalue weighted by Gasteiger charge is -2.48. The van der Waals surface area contributed by atoms with Crippen LogP contribution < -0.4 is 0 Å². The van der Waals surface area contributed by atoms with E-state index >= 15 is 0 Å². The number of hydrogen-bond donors (Lipinski definition) is 1. The van der Waals surface area contributed by atoms with Crippen LogP contribution in [0.15, 0.2) is 43.0 Å².